The number of benzene rings is 1. The van der Waals surface area contributed by atoms with Crippen molar-refractivity contribution < 1.29 is 13.3 Å². The molecule has 8 nitrogen and oxygen atoms in total. The molecule has 1 aromatic rings. The van der Waals surface area contributed by atoms with Crippen LogP contribution in [0.2, 0.25) is 0 Å². The predicted octanol–water partition coefficient (Wildman–Crippen LogP) is 2.75. The van der Waals surface area contributed by atoms with Gasteiger partial charge >= 0.3 is 0 Å². The third-order valence-electron chi connectivity index (χ3n) is 5.97. The van der Waals surface area contributed by atoms with Gasteiger partial charge in [0.15, 0.2) is 0 Å². The lowest BCUT2D eigenvalue weighted by Crippen LogP contribution is -2.46. The van der Waals surface area contributed by atoms with Crippen LogP contribution in [-0.2, 0) is 10.0 Å². The Morgan fingerprint density at radius 3 is 2.48 bits per heavy atom. The zero-order valence-corrected chi connectivity index (χ0v) is 17.8. The normalized spacial score (nSPS) is 19.4. The number of non-ortho nitro benzene ring substituents is 1. The van der Waals surface area contributed by atoms with Gasteiger partial charge in [-0.05, 0) is 38.3 Å². The van der Waals surface area contributed by atoms with Crippen LogP contribution >= 0.6 is 0 Å². The van der Waals surface area contributed by atoms with Crippen molar-refractivity contribution in [2.45, 2.75) is 50.2 Å². The molecule has 0 radical (unpaired) electrons. The number of nitro groups is 1. The molecule has 9 heteroatoms. The Kier molecular flexibility index (Phi) is 7.85. The molecule has 1 saturated heterocycles. The molecule has 29 heavy (non-hydrogen) atoms. The molecule has 1 aliphatic carbocycles. The van der Waals surface area contributed by atoms with E-state index >= 15 is 0 Å². The molecule has 1 N–H and O–H groups in total. The van der Waals surface area contributed by atoms with Gasteiger partial charge in [-0.3, -0.25) is 15.0 Å². The molecule has 0 bridgehead atoms. The highest BCUT2D eigenvalue weighted by Gasteiger charge is 2.26. The molecule has 162 valence electrons. The molecule has 0 atom stereocenters. The third-order valence-corrected chi connectivity index (χ3v) is 7.93. The van der Waals surface area contributed by atoms with Gasteiger partial charge in [0.05, 0.1) is 10.2 Å². The first-order valence-electron chi connectivity index (χ1n) is 10.7. The molecule has 0 aromatic heterocycles. The number of nitro benzene ring substituents is 1. The van der Waals surface area contributed by atoms with Crippen LogP contribution in [0.5, 0.6) is 0 Å². The Hall–Kier alpha value is -1.71. The van der Waals surface area contributed by atoms with E-state index in [1.807, 2.05) is 6.07 Å². The summed E-state index contributed by atoms with van der Waals surface area (Å²) in [6.45, 7) is 4.98. The van der Waals surface area contributed by atoms with Crippen LogP contribution in [0, 0.1) is 10.1 Å². The Morgan fingerprint density at radius 2 is 1.79 bits per heavy atom. The highest BCUT2D eigenvalue weighted by Crippen LogP contribution is 2.23. The number of sulfonamides is 1. The van der Waals surface area contributed by atoms with E-state index in [1.54, 1.807) is 12.1 Å². The van der Waals surface area contributed by atoms with Crippen molar-refractivity contribution in [3.8, 4) is 0 Å². The quantitative estimate of drug-likeness (QED) is 0.372. The van der Waals surface area contributed by atoms with Crippen molar-refractivity contribution in [3.05, 3.63) is 34.4 Å². The zero-order valence-electron chi connectivity index (χ0n) is 17.0. The van der Waals surface area contributed by atoms with Gasteiger partial charge in [0, 0.05) is 50.5 Å². The van der Waals surface area contributed by atoms with Crippen LogP contribution < -0.4 is 9.62 Å². The van der Waals surface area contributed by atoms with Gasteiger partial charge in [-0.25, -0.2) is 13.1 Å². The molecular formula is C20H32N4O4S. The van der Waals surface area contributed by atoms with E-state index in [-0.39, 0.29) is 15.9 Å². The summed E-state index contributed by atoms with van der Waals surface area (Å²) in [5.41, 5.74) is 1.02. The largest absolute Gasteiger partial charge is 0.369 e. The van der Waals surface area contributed by atoms with Crippen molar-refractivity contribution >= 4 is 21.4 Å². The minimum Gasteiger partial charge on any atom is -0.369 e. The maximum Gasteiger partial charge on any atom is 0.271 e. The average Bonchev–Trinajstić information content (AvgIpc) is 2.74. The standard InChI is InChI=1S/C20H32N4O4S/c25-24(26)19-8-6-7-18(17-19)23-15-13-22(14-16-23)12-5-4-11-21-29(27,28)20-9-2-1-3-10-20/h6-8,17,20-21H,1-5,9-16H2. The Bertz CT molecular complexity index is 772. The molecule has 1 aromatic carbocycles. The van der Waals surface area contributed by atoms with E-state index in [0.29, 0.717) is 6.54 Å². The lowest BCUT2D eigenvalue weighted by atomic mass is 10.0. The van der Waals surface area contributed by atoms with Gasteiger partial charge in [0.25, 0.3) is 5.69 Å². The van der Waals surface area contributed by atoms with E-state index in [1.165, 1.54) is 6.07 Å². The SMILES string of the molecule is O=[N+]([O-])c1cccc(N2CCN(CCCCNS(=O)(=O)C3CCCCC3)CC2)c1. The second kappa shape index (κ2) is 10.4. The summed E-state index contributed by atoms with van der Waals surface area (Å²) in [6, 6.07) is 6.80. The van der Waals surface area contributed by atoms with E-state index in [4.69, 9.17) is 0 Å². The number of piperazine rings is 1. The van der Waals surface area contributed by atoms with E-state index in [0.717, 1.165) is 83.4 Å². The first-order chi connectivity index (χ1) is 14.0. The van der Waals surface area contributed by atoms with Crippen molar-refractivity contribution in [2.24, 2.45) is 0 Å². The molecule has 1 heterocycles. The summed E-state index contributed by atoms with van der Waals surface area (Å²) in [5, 5.41) is 10.8. The summed E-state index contributed by atoms with van der Waals surface area (Å²) in [4.78, 5) is 15.1. The minimum absolute atomic E-state index is 0.126. The van der Waals surface area contributed by atoms with E-state index in [2.05, 4.69) is 14.5 Å². The summed E-state index contributed by atoms with van der Waals surface area (Å²) < 4.78 is 27.4. The van der Waals surface area contributed by atoms with Crippen LogP contribution in [0.15, 0.2) is 24.3 Å². The third kappa shape index (κ3) is 6.38. The van der Waals surface area contributed by atoms with Crippen molar-refractivity contribution in [3.63, 3.8) is 0 Å². The zero-order chi connectivity index (χ0) is 20.7. The van der Waals surface area contributed by atoms with Gasteiger partial charge in [0.2, 0.25) is 10.0 Å². The number of unbranched alkanes of at least 4 members (excludes halogenated alkanes) is 1. The summed E-state index contributed by atoms with van der Waals surface area (Å²) >= 11 is 0. The van der Waals surface area contributed by atoms with Crippen LogP contribution in [0.1, 0.15) is 44.9 Å². The number of anilines is 1. The second-order valence-electron chi connectivity index (χ2n) is 8.01. The van der Waals surface area contributed by atoms with Gasteiger partial charge in [0.1, 0.15) is 0 Å². The van der Waals surface area contributed by atoms with Crippen LogP contribution in [-0.4, -0.2) is 62.8 Å². The Morgan fingerprint density at radius 1 is 1.07 bits per heavy atom. The molecule has 2 aliphatic rings. The number of nitrogens with zero attached hydrogens (tertiary/aromatic N) is 3. The van der Waals surface area contributed by atoms with Crippen LogP contribution in [0.4, 0.5) is 11.4 Å². The molecular weight excluding hydrogens is 392 g/mol. The summed E-state index contributed by atoms with van der Waals surface area (Å²) in [6.07, 6.45) is 6.59. The Labute approximate surface area is 173 Å². The van der Waals surface area contributed by atoms with Crippen molar-refractivity contribution in [2.75, 3.05) is 44.2 Å². The molecule has 0 unspecified atom stereocenters. The van der Waals surface area contributed by atoms with Gasteiger partial charge in [-0.2, -0.15) is 0 Å². The Balaban J connectivity index is 1.33. The van der Waals surface area contributed by atoms with Gasteiger partial charge in [-0.1, -0.05) is 25.3 Å². The number of hydrogen-bond donors (Lipinski definition) is 1. The maximum atomic E-state index is 12.3. The van der Waals surface area contributed by atoms with E-state index in [9.17, 15) is 18.5 Å². The molecule has 0 spiro atoms. The fourth-order valence-corrected chi connectivity index (χ4v) is 5.82. The molecule has 3 rings (SSSR count). The van der Waals surface area contributed by atoms with Crippen molar-refractivity contribution in [1.29, 1.82) is 0 Å². The summed E-state index contributed by atoms with van der Waals surface area (Å²) in [7, 11) is -3.15. The highest BCUT2D eigenvalue weighted by atomic mass is 32.2. The lowest BCUT2D eigenvalue weighted by molar-refractivity contribution is -0.384. The van der Waals surface area contributed by atoms with Crippen molar-refractivity contribution in [1.82, 2.24) is 9.62 Å². The maximum absolute atomic E-state index is 12.3. The first-order valence-corrected chi connectivity index (χ1v) is 12.2. The second-order valence-corrected chi connectivity index (χ2v) is 10.1. The lowest BCUT2D eigenvalue weighted by Gasteiger charge is -2.36. The highest BCUT2D eigenvalue weighted by molar-refractivity contribution is 7.90. The molecule has 1 saturated carbocycles. The molecule has 0 amide bonds. The predicted molar refractivity (Wildman–Crippen MR) is 115 cm³/mol. The van der Waals surface area contributed by atoms with E-state index < -0.39 is 10.0 Å². The fraction of sp³-hybridized carbons (Fsp3) is 0.700. The average molecular weight is 425 g/mol. The smallest absolute Gasteiger partial charge is 0.271 e. The fourth-order valence-electron chi connectivity index (χ4n) is 4.20. The monoisotopic (exact) mass is 424 g/mol. The number of hydrogen-bond acceptors (Lipinski definition) is 6. The van der Waals surface area contributed by atoms with Crippen LogP contribution in [0.25, 0.3) is 0 Å². The number of rotatable bonds is 9. The van der Waals surface area contributed by atoms with Crippen LogP contribution in [0.3, 0.4) is 0 Å². The topological polar surface area (TPSA) is 95.8 Å². The number of nitrogens with one attached hydrogen (secondary N) is 1. The molecule has 1 aliphatic heterocycles. The summed E-state index contributed by atoms with van der Waals surface area (Å²) in [5.74, 6) is 0. The van der Waals surface area contributed by atoms with Gasteiger partial charge < -0.3 is 4.90 Å². The molecule has 2 fully saturated rings. The minimum atomic E-state index is -3.15. The van der Waals surface area contributed by atoms with Gasteiger partial charge in [-0.15, -0.1) is 0 Å². The first kappa shape index (κ1) is 22.0.